The van der Waals surface area contributed by atoms with Crippen molar-refractivity contribution in [1.29, 1.82) is 0 Å². The van der Waals surface area contributed by atoms with Crippen LogP contribution in [0.5, 0.6) is 5.75 Å². The van der Waals surface area contributed by atoms with Gasteiger partial charge in [0.25, 0.3) is 0 Å². The predicted octanol–water partition coefficient (Wildman–Crippen LogP) is 3.46. The third-order valence-electron chi connectivity index (χ3n) is 2.43. The number of hydrogen-bond acceptors (Lipinski definition) is 4. The molecule has 0 bridgehead atoms. The number of methoxy groups -OCH3 is 1. The van der Waals surface area contributed by atoms with Gasteiger partial charge in [0.15, 0.2) is 0 Å². The van der Waals surface area contributed by atoms with Gasteiger partial charge in [-0.3, -0.25) is 0 Å². The minimum atomic E-state index is -0.311. The third kappa shape index (κ3) is 2.74. The van der Waals surface area contributed by atoms with Crippen LogP contribution in [0.1, 0.15) is 18.7 Å². The molecule has 90 valence electrons. The lowest BCUT2D eigenvalue weighted by Crippen LogP contribution is -2.08. The van der Waals surface area contributed by atoms with E-state index in [9.17, 15) is 4.39 Å². The maximum atomic E-state index is 13.0. The second-order valence-corrected chi connectivity index (χ2v) is 4.34. The Morgan fingerprint density at radius 3 is 2.94 bits per heavy atom. The number of benzene rings is 1. The highest BCUT2D eigenvalue weighted by molar-refractivity contribution is 7.07. The van der Waals surface area contributed by atoms with E-state index in [0.29, 0.717) is 5.75 Å². The van der Waals surface area contributed by atoms with Gasteiger partial charge in [-0.2, -0.15) is 0 Å². The van der Waals surface area contributed by atoms with Gasteiger partial charge >= 0.3 is 0 Å². The van der Waals surface area contributed by atoms with E-state index in [-0.39, 0.29) is 11.9 Å². The number of halogens is 1. The Morgan fingerprint density at radius 1 is 1.47 bits per heavy atom. The highest BCUT2D eigenvalue weighted by Crippen LogP contribution is 2.28. The Hall–Kier alpha value is -1.62. The molecule has 1 atom stereocenters. The van der Waals surface area contributed by atoms with Crippen LogP contribution in [0.15, 0.2) is 29.1 Å². The first kappa shape index (κ1) is 11.9. The van der Waals surface area contributed by atoms with Crippen LogP contribution in [0.2, 0.25) is 0 Å². The summed E-state index contributed by atoms with van der Waals surface area (Å²) in [6, 6.07) is 4.48. The first-order chi connectivity index (χ1) is 8.20. The molecule has 0 amide bonds. The van der Waals surface area contributed by atoms with Gasteiger partial charge in [-0.25, -0.2) is 9.37 Å². The lowest BCUT2D eigenvalue weighted by atomic mass is 10.2. The zero-order valence-corrected chi connectivity index (χ0v) is 10.4. The van der Waals surface area contributed by atoms with E-state index in [1.165, 1.54) is 19.2 Å². The molecular formula is C12H13FN2OS. The lowest BCUT2D eigenvalue weighted by molar-refractivity contribution is 0.412. The van der Waals surface area contributed by atoms with E-state index < -0.39 is 0 Å². The van der Waals surface area contributed by atoms with Crippen LogP contribution in [-0.2, 0) is 0 Å². The van der Waals surface area contributed by atoms with Gasteiger partial charge in [0.05, 0.1) is 30.0 Å². The van der Waals surface area contributed by atoms with Gasteiger partial charge in [-0.15, -0.1) is 11.3 Å². The summed E-state index contributed by atoms with van der Waals surface area (Å²) in [7, 11) is 1.52. The molecule has 17 heavy (non-hydrogen) atoms. The first-order valence-corrected chi connectivity index (χ1v) is 6.13. The standard InChI is InChI=1S/C12H13FN2OS/c1-8(11-6-17-7-14-11)15-10-4-3-9(13)5-12(10)16-2/h3-8,15H,1-2H3. The van der Waals surface area contributed by atoms with Gasteiger partial charge in [0, 0.05) is 11.4 Å². The fourth-order valence-electron chi connectivity index (χ4n) is 1.53. The molecule has 1 N–H and O–H groups in total. The summed E-state index contributed by atoms with van der Waals surface area (Å²) in [6.07, 6.45) is 0. The van der Waals surface area contributed by atoms with Crippen molar-refractivity contribution < 1.29 is 9.13 Å². The van der Waals surface area contributed by atoms with Crippen LogP contribution in [0.3, 0.4) is 0 Å². The van der Waals surface area contributed by atoms with E-state index >= 15 is 0 Å². The van der Waals surface area contributed by atoms with Crippen molar-refractivity contribution in [1.82, 2.24) is 4.98 Å². The largest absolute Gasteiger partial charge is 0.494 e. The average Bonchev–Trinajstić information content (AvgIpc) is 2.85. The van der Waals surface area contributed by atoms with Crippen molar-refractivity contribution in [3.8, 4) is 5.75 Å². The molecule has 0 aliphatic rings. The SMILES string of the molecule is COc1cc(F)ccc1NC(C)c1cscn1. The van der Waals surface area contributed by atoms with Gasteiger partial charge < -0.3 is 10.1 Å². The highest BCUT2D eigenvalue weighted by Gasteiger charge is 2.10. The van der Waals surface area contributed by atoms with Gasteiger partial charge in [-0.05, 0) is 19.1 Å². The molecule has 1 unspecified atom stereocenters. The first-order valence-electron chi connectivity index (χ1n) is 5.19. The van der Waals surface area contributed by atoms with E-state index in [1.807, 2.05) is 12.3 Å². The van der Waals surface area contributed by atoms with Crippen LogP contribution in [-0.4, -0.2) is 12.1 Å². The molecule has 5 heteroatoms. The molecule has 1 heterocycles. The van der Waals surface area contributed by atoms with Gasteiger partial charge in [-0.1, -0.05) is 0 Å². The molecular weight excluding hydrogens is 239 g/mol. The number of hydrogen-bond donors (Lipinski definition) is 1. The van der Waals surface area contributed by atoms with Crippen molar-refractivity contribution in [3.05, 3.63) is 40.6 Å². The van der Waals surface area contributed by atoms with Gasteiger partial charge in [0.1, 0.15) is 11.6 Å². The topological polar surface area (TPSA) is 34.1 Å². The fourth-order valence-corrected chi connectivity index (χ4v) is 2.18. The third-order valence-corrected chi connectivity index (χ3v) is 3.04. The highest BCUT2D eigenvalue weighted by atomic mass is 32.1. The number of nitrogens with one attached hydrogen (secondary N) is 1. The molecule has 2 aromatic rings. The van der Waals surface area contributed by atoms with E-state index in [2.05, 4.69) is 10.3 Å². The molecule has 1 aromatic heterocycles. The number of ether oxygens (including phenoxy) is 1. The normalized spacial score (nSPS) is 12.2. The summed E-state index contributed by atoms with van der Waals surface area (Å²) >= 11 is 1.55. The minimum absolute atomic E-state index is 0.0561. The Labute approximate surface area is 103 Å². The number of aromatic nitrogens is 1. The molecule has 0 radical (unpaired) electrons. The molecule has 0 fully saturated rings. The molecule has 0 aliphatic carbocycles. The fraction of sp³-hybridized carbons (Fsp3) is 0.250. The molecule has 3 nitrogen and oxygen atoms in total. The van der Waals surface area contributed by atoms with E-state index in [4.69, 9.17) is 4.74 Å². The number of nitrogens with zero attached hydrogens (tertiary/aromatic N) is 1. The zero-order valence-electron chi connectivity index (χ0n) is 9.61. The molecule has 0 saturated carbocycles. The summed E-state index contributed by atoms with van der Waals surface area (Å²) in [5.74, 6) is 0.181. The Kier molecular flexibility index (Phi) is 3.58. The smallest absolute Gasteiger partial charge is 0.144 e. The Balaban J connectivity index is 2.18. The number of thiazole rings is 1. The summed E-state index contributed by atoms with van der Waals surface area (Å²) in [4.78, 5) is 4.23. The van der Waals surface area contributed by atoms with Crippen LogP contribution < -0.4 is 10.1 Å². The molecule has 1 aromatic carbocycles. The maximum Gasteiger partial charge on any atom is 0.144 e. The second-order valence-electron chi connectivity index (χ2n) is 3.62. The monoisotopic (exact) mass is 252 g/mol. The Morgan fingerprint density at radius 2 is 2.29 bits per heavy atom. The van der Waals surface area contributed by atoms with Crippen molar-refractivity contribution in [2.24, 2.45) is 0 Å². The number of rotatable bonds is 4. The summed E-state index contributed by atoms with van der Waals surface area (Å²) < 4.78 is 18.2. The van der Waals surface area contributed by atoms with Crippen molar-refractivity contribution in [2.45, 2.75) is 13.0 Å². The molecule has 2 rings (SSSR count). The molecule has 0 saturated heterocycles. The molecule has 0 aliphatic heterocycles. The molecule has 0 spiro atoms. The van der Waals surface area contributed by atoms with Crippen LogP contribution in [0, 0.1) is 5.82 Å². The second kappa shape index (κ2) is 5.14. The van der Waals surface area contributed by atoms with Crippen molar-refractivity contribution in [2.75, 3.05) is 12.4 Å². The van der Waals surface area contributed by atoms with E-state index in [0.717, 1.165) is 11.4 Å². The van der Waals surface area contributed by atoms with Crippen LogP contribution in [0.4, 0.5) is 10.1 Å². The minimum Gasteiger partial charge on any atom is -0.494 e. The quantitative estimate of drug-likeness (QED) is 0.904. The van der Waals surface area contributed by atoms with Crippen molar-refractivity contribution >= 4 is 17.0 Å². The summed E-state index contributed by atoms with van der Waals surface area (Å²) in [5.41, 5.74) is 3.51. The number of anilines is 1. The van der Waals surface area contributed by atoms with E-state index in [1.54, 1.807) is 22.9 Å². The zero-order chi connectivity index (χ0) is 12.3. The van der Waals surface area contributed by atoms with Gasteiger partial charge in [0.2, 0.25) is 0 Å². The Bertz CT molecular complexity index is 487. The average molecular weight is 252 g/mol. The summed E-state index contributed by atoms with van der Waals surface area (Å²) in [5, 5.41) is 5.22. The van der Waals surface area contributed by atoms with Crippen LogP contribution in [0.25, 0.3) is 0 Å². The predicted molar refractivity (Wildman–Crippen MR) is 67.1 cm³/mol. The lowest BCUT2D eigenvalue weighted by Gasteiger charge is -2.15. The van der Waals surface area contributed by atoms with Crippen molar-refractivity contribution in [3.63, 3.8) is 0 Å². The summed E-state index contributed by atoms with van der Waals surface area (Å²) in [6.45, 7) is 2.00. The van der Waals surface area contributed by atoms with Crippen LogP contribution >= 0.6 is 11.3 Å². The maximum absolute atomic E-state index is 13.0.